The second kappa shape index (κ2) is 4.62. The Bertz CT molecular complexity index is 381. The molecule has 1 aromatic heterocycles. The van der Waals surface area contributed by atoms with E-state index in [1.54, 1.807) is 0 Å². The van der Waals surface area contributed by atoms with Crippen LogP contribution in [0.4, 0.5) is 5.69 Å². The van der Waals surface area contributed by atoms with Crippen molar-refractivity contribution in [3.8, 4) is 6.07 Å². The zero-order valence-electron chi connectivity index (χ0n) is 6.67. The third-order valence-corrected chi connectivity index (χ3v) is 2.14. The van der Waals surface area contributed by atoms with Crippen molar-refractivity contribution in [2.45, 2.75) is 6.42 Å². The van der Waals surface area contributed by atoms with Crippen LogP contribution in [0, 0.1) is 11.3 Å². The fourth-order valence-corrected chi connectivity index (χ4v) is 1.09. The molecule has 0 bridgehead atoms. The number of rotatable bonds is 3. The molecule has 5 nitrogen and oxygen atoms in total. The van der Waals surface area contributed by atoms with Gasteiger partial charge in [0.05, 0.1) is 24.4 Å². The van der Waals surface area contributed by atoms with Gasteiger partial charge >= 0.3 is 0 Å². The van der Waals surface area contributed by atoms with Gasteiger partial charge in [-0.05, 0) is 15.9 Å². The highest BCUT2D eigenvalue weighted by Crippen LogP contribution is 2.14. The Balaban J connectivity index is 2.73. The van der Waals surface area contributed by atoms with Gasteiger partial charge in [0.2, 0.25) is 0 Å². The highest BCUT2D eigenvalue weighted by Gasteiger charge is 2.02. The molecule has 0 aliphatic carbocycles. The van der Waals surface area contributed by atoms with Gasteiger partial charge in [0.15, 0.2) is 0 Å². The van der Waals surface area contributed by atoms with Crippen molar-refractivity contribution in [1.82, 2.24) is 10.2 Å². The Kier molecular flexibility index (Phi) is 3.46. The van der Waals surface area contributed by atoms with Crippen molar-refractivity contribution >= 4 is 21.6 Å². The lowest BCUT2D eigenvalue weighted by Gasteiger charge is -2.03. The Hall–Kier alpha value is -1.35. The number of aromatic nitrogens is 2. The summed E-state index contributed by atoms with van der Waals surface area (Å²) in [7, 11) is 0. The standard InChI is InChI=1S/C7H7BrN4O/c8-6-5(10-3-1-2-9)4-11-12-7(6)13/h4H,1,3H2,(H2,10,12,13). The molecule has 0 aromatic carbocycles. The number of nitrogens with zero attached hydrogens (tertiary/aromatic N) is 2. The average molecular weight is 243 g/mol. The zero-order chi connectivity index (χ0) is 9.68. The van der Waals surface area contributed by atoms with Crippen LogP contribution in [0.5, 0.6) is 0 Å². The molecule has 0 aliphatic heterocycles. The van der Waals surface area contributed by atoms with Gasteiger partial charge in [-0.15, -0.1) is 0 Å². The molecule has 13 heavy (non-hydrogen) atoms. The van der Waals surface area contributed by atoms with Crippen LogP contribution in [0.3, 0.4) is 0 Å². The van der Waals surface area contributed by atoms with Gasteiger partial charge in [0.1, 0.15) is 4.47 Å². The van der Waals surface area contributed by atoms with Gasteiger partial charge in [-0.25, -0.2) is 5.10 Å². The van der Waals surface area contributed by atoms with E-state index >= 15 is 0 Å². The molecule has 0 saturated carbocycles. The predicted octanol–water partition coefficient (Wildman–Crippen LogP) is 0.858. The number of hydrogen-bond donors (Lipinski definition) is 2. The van der Waals surface area contributed by atoms with E-state index in [2.05, 4.69) is 31.4 Å². The first-order valence-corrected chi connectivity index (χ1v) is 4.39. The molecule has 0 spiro atoms. The molecule has 6 heteroatoms. The molecule has 0 unspecified atom stereocenters. The minimum atomic E-state index is -0.290. The maximum atomic E-state index is 11.0. The number of aromatic amines is 1. The lowest BCUT2D eigenvalue weighted by Crippen LogP contribution is -2.12. The molecule has 1 aromatic rings. The summed E-state index contributed by atoms with van der Waals surface area (Å²) in [4.78, 5) is 11.0. The van der Waals surface area contributed by atoms with Gasteiger partial charge in [-0.2, -0.15) is 10.4 Å². The van der Waals surface area contributed by atoms with E-state index in [0.29, 0.717) is 23.1 Å². The number of nitriles is 1. The minimum absolute atomic E-state index is 0.290. The third kappa shape index (κ3) is 2.56. The molecule has 0 fully saturated rings. The largest absolute Gasteiger partial charge is 0.382 e. The van der Waals surface area contributed by atoms with Crippen LogP contribution < -0.4 is 10.9 Å². The van der Waals surface area contributed by atoms with Gasteiger partial charge in [0.25, 0.3) is 5.56 Å². The van der Waals surface area contributed by atoms with Gasteiger partial charge in [-0.3, -0.25) is 4.79 Å². The van der Waals surface area contributed by atoms with Gasteiger partial charge in [-0.1, -0.05) is 0 Å². The van der Waals surface area contributed by atoms with Crippen molar-refractivity contribution in [3.05, 3.63) is 21.0 Å². The van der Waals surface area contributed by atoms with Crippen molar-refractivity contribution in [3.63, 3.8) is 0 Å². The molecular formula is C7H7BrN4O. The van der Waals surface area contributed by atoms with Crippen LogP contribution in [-0.4, -0.2) is 16.7 Å². The van der Waals surface area contributed by atoms with Gasteiger partial charge < -0.3 is 5.32 Å². The summed E-state index contributed by atoms with van der Waals surface area (Å²) in [6, 6.07) is 1.99. The first-order valence-electron chi connectivity index (χ1n) is 3.59. The highest BCUT2D eigenvalue weighted by molar-refractivity contribution is 9.10. The fraction of sp³-hybridized carbons (Fsp3) is 0.286. The minimum Gasteiger partial charge on any atom is -0.382 e. The predicted molar refractivity (Wildman–Crippen MR) is 51.3 cm³/mol. The van der Waals surface area contributed by atoms with E-state index in [4.69, 9.17) is 5.26 Å². The fourth-order valence-electron chi connectivity index (χ4n) is 0.760. The maximum absolute atomic E-state index is 11.0. The normalized spacial score (nSPS) is 9.23. The Morgan fingerprint density at radius 3 is 3.23 bits per heavy atom. The summed E-state index contributed by atoms with van der Waals surface area (Å²) in [6.07, 6.45) is 1.88. The molecule has 0 saturated heterocycles. The summed E-state index contributed by atoms with van der Waals surface area (Å²) >= 11 is 3.10. The van der Waals surface area contributed by atoms with E-state index in [0.717, 1.165) is 0 Å². The second-order valence-corrected chi connectivity index (χ2v) is 3.05. The van der Waals surface area contributed by atoms with Crippen LogP contribution in [0.25, 0.3) is 0 Å². The SMILES string of the molecule is N#CCCNc1cn[nH]c(=O)c1Br. The molecule has 2 N–H and O–H groups in total. The van der Waals surface area contributed by atoms with E-state index < -0.39 is 0 Å². The molecule has 68 valence electrons. The van der Waals surface area contributed by atoms with Crippen LogP contribution >= 0.6 is 15.9 Å². The summed E-state index contributed by atoms with van der Waals surface area (Å²) < 4.78 is 0.403. The van der Waals surface area contributed by atoms with Crippen LogP contribution in [0.15, 0.2) is 15.5 Å². The first kappa shape index (κ1) is 9.74. The average Bonchev–Trinajstić information content (AvgIpc) is 2.13. The Morgan fingerprint density at radius 2 is 2.54 bits per heavy atom. The first-order chi connectivity index (χ1) is 6.25. The maximum Gasteiger partial charge on any atom is 0.280 e. The van der Waals surface area contributed by atoms with E-state index in [9.17, 15) is 4.79 Å². The summed E-state index contributed by atoms with van der Waals surface area (Å²) in [5.41, 5.74) is 0.306. The topological polar surface area (TPSA) is 81.6 Å². The van der Waals surface area contributed by atoms with Crippen molar-refractivity contribution in [2.24, 2.45) is 0 Å². The number of hydrogen-bond acceptors (Lipinski definition) is 4. The number of anilines is 1. The van der Waals surface area contributed by atoms with E-state index in [1.165, 1.54) is 6.20 Å². The molecule has 1 rings (SSSR count). The lowest BCUT2D eigenvalue weighted by molar-refractivity contribution is 0.968. The van der Waals surface area contributed by atoms with Crippen LogP contribution in [0.2, 0.25) is 0 Å². The molecule has 0 radical (unpaired) electrons. The Morgan fingerprint density at radius 1 is 1.77 bits per heavy atom. The summed E-state index contributed by atoms with van der Waals surface area (Å²) in [5, 5.41) is 17.1. The zero-order valence-corrected chi connectivity index (χ0v) is 8.26. The molecule has 0 aliphatic rings. The van der Waals surface area contributed by atoms with Crippen molar-refractivity contribution < 1.29 is 0 Å². The quantitative estimate of drug-likeness (QED) is 0.771. The molecule has 1 heterocycles. The third-order valence-electron chi connectivity index (χ3n) is 1.35. The Labute approximate surface area is 82.9 Å². The summed E-state index contributed by atoms with van der Waals surface area (Å²) in [6.45, 7) is 0.500. The molecular weight excluding hydrogens is 236 g/mol. The molecule has 0 amide bonds. The molecule has 0 atom stereocenters. The van der Waals surface area contributed by atoms with Crippen molar-refractivity contribution in [2.75, 3.05) is 11.9 Å². The summed E-state index contributed by atoms with van der Waals surface area (Å²) in [5.74, 6) is 0. The monoisotopic (exact) mass is 242 g/mol. The number of halogens is 1. The van der Waals surface area contributed by atoms with Gasteiger partial charge in [0, 0.05) is 6.54 Å². The highest BCUT2D eigenvalue weighted by atomic mass is 79.9. The van der Waals surface area contributed by atoms with E-state index in [-0.39, 0.29) is 5.56 Å². The lowest BCUT2D eigenvalue weighted by atomic mass is 10.4. The van der Waals surface area contributed by atoms with E-state index in [1.807, 2.05) is 6.07 Å². The number of H-pyrrole nitrogens is 1. The smallest absolute Gasteiger partial charge is 0.280 e. The van der Waals surface area contributed by atoms with Crippen LogP contribution in [-0.2, 0) is 0 Å². The van der Waals surface area contributed by atoms with Crippen molar-refractivity contribution in [1.29, 1.82) is 5.26 Å². The second-order valence-electron chi connectivity index (χ2n) is 2.26. The number of nitrogens with one attached hydrogen (secondary N) is 2. The van der Waals surface area contributed by atoms with Crippen LogP contribution in [0.1, 0.15) is 6.42 Å².